The van der Waals surface area contributed by atoms with Crippen molar-refractivity contribution in [2.24, 2.45) is 11.5 Å². The van der Waals surface area contributed by atoms with Crippen LogP contribution in [0.4, 0.5) is 5.69 Å². The maximum Gasteiger partial charge on any atom is 0.265 e. The maximum absolute atomic E-state index is 12.3. The van der Waals surface area contributed by atoms with Crippen molar-refractivity contribution in [3.63, 3.8) is 0 Å². The third-order valence-corrected chi connectivity index (χ3v) is 13.0. The average Bonchev–Trinajstić information content (AvgIpc) is 3.74. The Morgan fingerprint density at radius 2 is 1.08 bits per heavy atom. The molecule has 11 nitrogen and oxygen atoms in total. The number of hydrogen-bond acceptors (Lipinski definition) is 9. The molecule has 0 atom stereocenters. The lowest BCUT2D eigenvalue weighted by Crippen LogP contribution is -2.43. The number of pyridine rings is 2. The van der Waals surface area contributed by atoms with E-state index in [0.29, 0.717) is 24.9 Å². The first kappa shape index (κ1) is 39.4. The normalized spacial score (nSPS) is 16.5. The van der Waals surface area contributed by atoms with Crippen LogP contribution in [0.2, 0.25) is 0 Å². The number of fused-ring (bicyclic) bond motifs is 4. The number of aryl methyl sites for hydroxylation is 1. The molecule has 7 aromatic rings. The number of carbonyl (C=O) groups is 1. The highest BCUT2D eigenvalue weighted by Crippen LogP contribution is 2.44. The predicted molar refractivity (Wildman–Crippen MR) is 242 cm³/mol. The average molecular weight is 823 g/mol. The molecule has 62 heavy (non-hydrogen) atoms. The summed E-state index contributed by atoms with van der Waals surface area (Å²) in [4.78, 5) is 23.9. The molecule has 0 saturated heterocycles. The fraction of sp³-hybridized carbons (Fsp3) is 0.275. The Balaban J connectivity index is 0.000000148. The number of amides is 1. The van der Waals surface area contributed by atoms with E-state index in [9.17, 15) is 4.79 Å². The van der Waals surface area contributed by atoms with Crippen LogP contribution in [0.25, 0.3) is 50.5 Å². The second-order valence-corrected chi connectivity index (χ2v) is 16.8. The minimum Gasteiger partial charge on any atom is -0.468 e. The Labute approximate surface area is 361 Å². The topological polar surface area (TPSA) is 147 Å². The number of aromatic nitrogens is 5. The first-order chi connectivity index (χ1) is 30.2. The molecule has 0 radical (unpaired) electrons. The van der Waals surface area contributed by atoms with Crippen LogP contribution in [-0.4, -0.2) is 43.8 Å². The molecule has 4 aromatic carbocycles. The highest BCUT2D eigenvalue weighted by molar-refractivity contribution is 5.99. The van der Waals surface area contributed by atoms with Gasteiger partial charge >= 0.3 is 0 Å². The van der Waals surface area contributed by atoms with E-state index in [1.807, 2.05) is 37.3 Å². The molecule has 2 aliphatic carbocycles. The van der Waals surface area contributed by atoms with E-state index in [1.54, 1.807) is 4.90 Å². The highest BCUT2D eigenvalue weighted by atomic mass is 16.5. The zero-order valence-corrected chi connectivity index (χ0v) is 35.2. The lowest BCUT2D eigenvalue weighted by molar-refractivity contribution is -0.121. The Kier molecular flexibility index (Phi) is 10.2. The molecule has 0 spiro atoms. The van der Waals surface area contributed by atoms with Crippen LogP contribution in [0.1, 0.15) is 75.1 Å². The SMILES string of the molecule is CCN1C(=O)COc2nc(-c3ccc(C4(N)CCC4)cc3)c(-c3ccccc3)cc21.CCc1nnc2n1-c1cc(-c3ccccc3)c(-c3ccc(C4(N)CCC4)cc3)nc1OC2. The van der Waals surface area contributed by atoms with Crippen LogP contribution in [-0.2, 0) is 28.9 Å². The van der Waals surface area contributed by atoms with E-state index in [4.69, 9.17) is 30.9 Å². The molecule has 2 aliphatic heterocycles. The number of rotatable bonds is 8. The van der Waals surface area contributed by atoms with Gasteiger partial charge in [0, 0.05) is 46.3 Å². The lowest BCUT2D eigenvalue weighted by Gasteiger charge is -2.38. The Morgan fingerprint density at radius 1 is 0.597 bits per heavy atom. The molecule has 0 unspecified atom stereocenters. The van der Waals surface area contributed by atoms with E-state index in [2.05, 4.69) is 113 Å². The molecular weight excluding hydrogens is 773 g/mol. The van der Waals surface area contributed by atoms with Crippen LogP contribution in [0.5, 0.6) is 11.8 Å². The van der Waals surface area contributed by atoms with E-state index >= 15 is 0 Å². The predicted octanol–water partition coefficient (Wildman–Crippen LogP) is 9.29. The van der Waals surface area contributed by atoms with Gasteiger partial charge in [-0.05, 0) is 79.8 Å². The zero-order chi connectivity index (χ0) is 42.4. The first-order valence-electron chi connectivity index (χ1n) is 21.8. The van der Waals surface area contributed by atoms with E-state index < -0.39 is 0 Å². The van der Waals surface area contributed by atoms with Crippen molar-refractivity contribution >= 4 is 11.6 Å². The van der Waals surface area contributed by atoms with Crippen molar-refractivity contribution < 1.29 is 14.3 Å². The van der Waals surface area contributed by atoms with Crippen LogP contribution in [0, 0.1) is 0 Å². The van der Waals surface area contributed by atoms with E-state index in [-0.39, 0.29) is 23.6 Å². The van der Waals surface area contributed by atoms with Gasteiger partial charge in [0.1, 0.15) is 17.2 Å². The second kappa shape index (κ2) is 16.0. The van der Waals surface area contributed by atoms with Gasteiger partial charge in [-0.1, -0.05) is 116 Å². The minimum atomic E-state index is -0.185. The van der Waals surface area contributed by atoms with Gasteiger partial charge in [-0.25, -0.2) is 9.97 Å². The molecule has 1 amide bonds. The van der Waals surface area contributed by atoms with E-state index in [1.165, 1.54) is 24.0 Å². The molecular formula is C51H50N8O3. The molecule has 2 fully saturated rings. The second-order valence-electron chi connectivity index (χ2n) is 16.8. The van der Waals surface area contributed by atoms with Crippen LogP contribution in [0.3, 0.4) is 0 Å². The van der Waals surface area contributed by atoms with Crippen LogP contribution in [0.15, 0.2) is 121 Å². The third kappa shape index (κ3) is 7.00. The van der Waals surface area contributed by atoms with Gasteiger partial charge in [-0.15, -0.1) is 10.2 Å². The summed E-state index contributed by atoms with van der Waals surface area (Å²) in [6.07, 6.45) is 7.34. The first-order valence-corrected chi connectivity index (χ1v) is 21.8. The molecule has 5 heterocycles. The molecule has 4 aliphatic rings. The molecule has 11 rings (SSSR count). The Morgan fingerprint density at radius 3 is 1.55 bits per heavy atom. The molecule has 312 valence electrons. The molecule has 0 bridgehead atoms. The smallest absolute Gasteiger partial charge is 0.265 e. The summed E-state index contributed by atoms with van der Waals surface area (Å²) < 4.78 is 13.8. The van der Waals surface area contributed by atoms with Gasteiger partial charge in [-0.2, -0.15) is 0 Å². The quantitative estimate of drug-likeness (QED) is 0.153. The van der Waals surface area contributed by atoms with Crippen molar-refractivity contribution in [3.8, 4) is 62.2 Å². The molecule has 11 heteroatoms. The fourth-order valence-corrected chi connectivity index (χ4v) is 9.04. The Bertz CT molecular complexity index is 2750. The largest absolute Gasteiger partial charge is 0.468 e. The van der Waals surface area contributed by atoms with Gasteiger partial charge in [0.25, 0.3) is 5.91 Å². The van der Waals surface area contributed by atoms with Crippen LogP contribution >= 0.6 is 0 Å². The number of likely N-dealkylation sites (N-methyl/N-ethyl adjacent to an activating group) is 1. The maximum atomic E-state index is 12.3. The number of hydrogen-bond donors (Lipinski definition) is 2. The highest BCUT2D eigenvalue weighted by Gasteiger charge is 2.36. The number of carbonyl (C=O) groups excluding carboxylic acids is 1. The summed E-state index contributed by atoms with van der Waals surface area (Å²) in [6.45, 7) is 5.02. The number of nitrogens with two attached hydrogens (primary N) is 2. The number of nitrogens with zero attached hydrogens (tertiary/aromatic N) is 6. The lowest BCUT2D eigenvalue weighted by atomic mass is 9.72. The third-order valence-electron chi connectivity index (χ3n) is 13.0. The number of ether oxygens (including phenoxy) is 2. The fourth-order valence-electron chi connectivity index (χ4n) is 9.04. The van der Waals surface area contributed by atoms with Crippen molar-refractivity contribution in [3.05, 3.63) is 144 Å². The van der Waals surface area contributed by atoms with Crippen molar-refractivity contribution in [2.45, 2.75) is 76.5 Å². The van der Waals surface area contributed by atoms with Gasteiger partial charge < -0.3 is 25.8 Å². The number of anilines is 1. The van der Waals surface area contributed by atoms with Gasteiger partial charge in [0.05, 0.1) is 11.4 Å². The summed E-state index contributed by atoms with van der Waals surface area (Å²) >= 11 is 0. The van der Waals surface area contributed by atoms with Crippen molar-refractivity contribution in [2.75, 3.05) is 18.1 Å². The Hall–Kier alpha value is -6.69. The van der Waals surface area contributed by atoms with E-state index in [0.717, 1.165) is 99.9 Å². The summed E-state index contributed by atoms with van der Waals surface area (Å²) in [5, 5.41) is 8.64. The summed E-state index contributed by atoms with van der Waals surface area (Å²) in [6, 6.07) is 41.7. The summed E-state index contributed by atoms with van der Waals surface area (Å²) in [5.74, 6) is 2.79. The van der Waals surface area contributed by atoms with Gasteiger partial charge in [0.15, 0.2) is 19.0 Å². The van der Waals surface area contributed by atoms with Gasteiger partial charge in [0.2, 0.25) is 11.8 Å². The zero-order valence-electron chi connectivity index (χ0n) is 35.2. The summed E-state index contributed by atoms with van der Waals surface area (Å²) in [7, 11) is 0. The standard InChI is InChI=1S/C26H25N5O.C25H25N3O2/c1-2-22-29-30-23-16-32-25-21(31(22)23)15-20(17-7-4-3-5-8-17)24(28-25)18-9-11-19(12-10-18)26(27)13-6-14-26;1-2-28-21-15-20(17-7-4-3-5-8-17)23(27-24(21)30-16-22(28)29)18-9-11-19(12-10-18)25(26)13-6-14-25/h3-5,7-12,15H,2,6,13-14,16,27H2,1H3;3-5,7-12,15H,2,6,13-14,16,26H2,1H3. The van der Waals surface area contributed by atoms with Crippen molar-refractivity contribution in [1.29, 1.82) is 0 Å². The molecule has 4 N–H and O–H groups in total. The molecule has 2 saturated carbocycles. The minimum absolute atomic E-state index is 0.0204. The monoisotopic (exact) mass is 822 g/mol. The molecule has 3 aromatic heterocycles. The summed E-state index contributed by atoms with van der Waals surface area (Å²) in [5.41, 5.74) is 24.7. The van der Waals surface area contributed by atoms with Crippen molar-refractivity contribution in [1.82, 2.24) is 24.7 Å². The number of benzene rings is 4. The van der Waals surface area contributed by atoms with Crippen LogP contribution < -0.4 is 25.8 Å². The van der Waals surface area contributed by atoms with Gasteiger partial charge in [-0.3, -0.25) is 9.36 Å².